The molecule has 1 heterocycles. The Morgan fingerprint density at radius 2 is 1.68 bits per heavy atom. The van der Waals surface area contributed by atoms with Crippen LogP contribution in [-0.2, 0) is 4.74 Å². The lowest BCUT2D eigenvalue weighted by atomic mass is 9.33. The first-order valence-corrected chi connectivity index (χ1v) is 19.9. The maximum absolute atomic E-state index is 12.1. The first-order valence-electron chi connectivity index (χ1n) is 19.9. The van der Waals surface area contributed by atoms with E-state index in [1.165, 1.54) is 75.2 Å². The Kier molecular flexibility index (Phi) is 8.96. The van der Waals surface area contributed by atoms with Crippen molar-refractivity contribution in [2.75, 3.05) is 26.7 Å². The first-order chi connectivity index (χ1) is 23.6. The van der Waals surface area contributed by atoms with Gasteiger partial charge in [-0.1, -0.05) is 65.0 Å². The van der Waals surface area contributed by atoms with Gasteiger partial charge in [0.2, 0.25) is 0 Å². The summed E-state index contributed by atoms with van der Waals surface area (Å²) in [4.78, 5) is 25.6. The SMILES string of the molecule is C=C(C)[C@@H]1CC[C@]2(NCC3CCCN(C(=O)O)C3)CC[C@]3(C)[C@H](CC[C@@H]4[C@@]5(C)CC=C(c6ccc(C(=O)OC)cc6)C(C)(C)[C@@H]5CC[C@]43C)[C@@H]12. The summed E-state index contributed by atoms with van der Waals surface area (Å²) in [5.41, 5.74) is 5.63. The van der Waals surface area contributed by atoms with Crippen molar-refractivity contribution >= 4 is 17.6 Å². The number of carboxylic acid groups (broad SMARTS) is 1. The van der Waals surface area contributed by atoms with Gasteiger partial charge in [0.25, 0.3) is 0 Å². The number of carbonyl (C=O) groups excluding carboxylic acids is 1. The fraction of sp³-hybridized carbons (Fsp3) is 0.727. The molecule has 5 fully saturated rings. The smallest absolute Gasteiger partial charge is 0.407 e. The average molecular weight is 685 g/mol. The number of fused-ring (bicyclic) bond motifs is 7. The second-order valence-corrected chi connectivity index (χ2v) is 19.1. The second kappa shape index (κ2) is 12.5. The fourth-order valence-electron chi connectivity index (χ4n) is 14.2. The minimum absolute atomic E-state index is 0.0380. The van der Waals surface area contributed by atoms with Gasteiger partial charge in [0.15, 0.2) is 0 Å². The molecular weight excluding hydrogens is 620 g/mol. The molecule has 6 nitrogen and oxygen atoms in total. The number of nitrogens with one attached hydrogen (secondary N) is 1. The molecule has 0 aromatic heterocycles. The Balaban J connectivity index is 1.16. The third-order valence-corrected chi connectivity index (χ3v) is 16.8. The number of likely N-dealkylation sites (tertiary alicyclic amines) is 1. The predicted molar refractivity (Wildman–Crippen MR) is 201 cm³/mol. The highest BCUT2D eigenvalue weighted by atomic mass is 16.5. The van der Waals surface area contributed by atoms with Crippen LogP contribution in [0.25, 0.3) is 5.57 Å². The summed E-state index contributed by atoms with van der Waals surface area (Å²) in [6, 6.07) is 8.09. The van der Waals surface area contributed by atoms with Crippen LogP contribution in [0.5, 0.6) is 0 Å². The van der Waals surface area contributed by atoms with Crippen LogP contribution < -0.4 is 5.32 Å². The van der Waals surface area contributed by atoms with Crippen molar-refractivity contribution in [3.05, 3.63) is 53.6 Å². The number of rotatable bonds is 6. The molecule has 6 aliphatic rings. The molecule has 50 heavy (non-hydrogen) atoms. The van der Waals surface area contributed by atoms with Gasteiger partial charge in [0, 0.05) is 25.2 Å². The number of hydrogen-bond donors (Lipinski definition) is 2. The van der Waals surface area contributed by atoms with Crippen LogP contribution >= 0.6 is 0 Å². The van der Waals surface area contributed by atoms with Crippen molar-refractivity contribution in [1.82, 2.24) is 10.2 Å². The summed E-state index contributed by atoms with van der Waals surface area (Å²) in [5.74, 6) is 3.24. The Bertz CT molecular complexity index is 1550. The lowest BCUT2D eigenvalue weighted by Crippen LogP contribution is -2.68. The molecule has 1 aromatic rings. The number of carbonyl (C=O) groups is 2. The van der Waals surface area contributed by atoms with Gasteiger partial charge in [-0.2, -0.15) is 0 Å². The monoisotopic (exact) mass is 684 g/mol. The van der Waals surface area contributed by atoms with Crippen LogP contribution in [0.3, 0.4) is 0 Å². The summed E-state index contributed by atoms with van der Waals surface area (Å²) >= 11 is 0. The van der Waals surface area contributed by atoms with Crippen molar-refractivity contribution in [3.63, 3.8) is 0 Å². The molecule has 1 saturated heterocycles. The number of allylic oxidation sites excluding steroid dienone is 3. The van der Waals surface area contributed by atoms with E-state index in [4.69, 9.17) is 4.74 Å². The van der Waals surface area contributed by atoms with E-state index in [1.54, 1.807) is 4.90 Å². The zero-order valence-corrected chi connectivity index (χ0v) is 32.1. The predicted octanol–water partition coefficient (Wildman–Crippen LogP) is 9.86. The number of methoxy groups -OCH3 is 1. The van der Waals surface area contributed by atoms with Crippen LogP contribution in [0.15, 0.2) is 42.5 Å². The third kappa shape index (κ3) is 5.26. The molecule has 10 atom stereocenters. The zero-order chi connectivity index (χ0) is 35.9. The van der Waals surface area contributed by atoms with Gasteiger partial charge in [-0.25, -0.2) is 9.59 Å². The molecule has 1 aromatic carbocycles. The maximum atomic E-state index is 12.1. The van der Waals surface area contributed by atoms with E-state index in [0.717, 1.165) is 25.8 Å². The van der Waals surface area contributed by atoms with E-state index < -0.39 is 6.09 Å². The number of nitrogens with zero attached hydrogens (tertiary/aromatic N) is 1. The Morgan fingerprint density at radius 3 is 2.36 bits per heavy atom. The number of esters is 1. The van der Waals surface area contributed by atoms with Crippen molar-refractivity contribution in [2.24, 2.45) is 57.2 Å². The minimum Gasteiger partial charge on any atom is -0.465 e. The number of amides is 1. The van der Waals surface area contributed by atoms with E-state index in [0.29, 0.717) is 54.2 Å². The molecule has 1 amide bonds. The number of ether oxygens (including phenoxy) is 1. The third-order valence-electron chi connectivity index (χ3n) is 16.8. The molecule has 0 radical (unpaired) electrons. The average Bonchev–Trinajstić information content (AvgIpc) is 3.48. The van der Waals surface area contributed by atoms with Crippen LogP contribution in [0.1, 0.15) is 128 Å². The lowest BCUT2D eigenvalue weighted by Gasteiger charge is -2.72. The summed E-state index contributed by atoms with van der Waals surface area (Å²) < 4.78 is 4.97. The zero-order valence-electron chi connectivity index (χ0n) is 32.1. The van der Waals surface area contributed by atoms with Gasteiger partial charge in [-0.05, 0) is 158 Å². The van der Waals surface area contributed by atoms with Crippen molar-refractivity contribution in [1.29, 1.82) is 0 Å². The molecule has 2 N–H and O–H groups in total. The van der Waals surface area contributed by atoms with Crippen molar-refractivity contribution < 1.29 is 19.4 Å². The summed E-state index contributed by atoms with van der Waals surface area (Å²) in [5, 5.41) is 13.9. The maximum Gasteiger partial charge on any atom is 0.407 e. The summed E-state index contributed by atoms with van der Waals surface area (Å²) in [6.07, 6.45) is 15.1. The molecule has 4 saturated carbocycles. The van der Waals surface area contributed by atoms with Gasteiger partial charge < -0.3 is 20.1 Å². The standard InChI is InChI=1S/C44H64N2O4/c1-28(2)32-17-22-44(45-26-29-10-9-25-46(27-29)39(48)49)24-23-42(6)34(37(32)44)15-16-36-41(5)20-18-33(30-11-13-31(14-12-30)38(47)50-8)40(3,4)35(41)19-21-43(36,42)7/h11-14,18,29,32,34-37,45H,1,9-10,15-17,19-27H2,2-8H3,(H,48,49)/t29?,32-,34+,35-,36+,37+,41-,42+,43+,44-/m0/s1. The van der Waals surface area contributed by atoms with E-state index in [2.05, 4.69) is 71.6 Å². The molecular formula is C44H64N2O4. The molecule has 0 spiro atoms. The van der Waals surface area contributed by atoms with E-state index in [9.17, 15) is 14.7 Å². The fourth-order valence-corrected chi connectivity index (χ4v) is 14.2. The molecule has 1 aliphatic heterocycles. The molecule has 7 rings (SSSR count). The summed E-state index contributed by atoms with van der Waals surface area (Å²) in [7, 11) is 1.44. The van der Waals surface area contributed by atoms with Gasteiger partial charge in [-0.3, -0.25) is 0 Å². The minimum atomic E-state index is -0.766. The normalized spacial score (nSPS) is 41.9. The highest BCUT2D eigenvalue weighted by Gasteiger charge is 2.70. The van der Waals surface area contributed by atoms with Crippen LogP contribution in [0.4, 0.5) is 4.79 Å². The van der Waals surface area contributed by atoms with Crippen LogP contribution in [0.2, 0.25) is 0 Å². The van der Waals surface area contributed by atoms with Gasteiger partial charge in [0.05, 0.1) is 12.7 Å². The van der Waals surface area contributed by atoms with Gasteiger partial charge in [0.1, 0.15) is 0 Å². The number of piperidine rings is 1. The molecule has 274 valence electrons. The van der Waals surface area contributed by atoms with Crippen molar-refractivity contribution in [2.45, 2.75) is 118 Å². The largest absolute Gasteiger partial charge is 0.465 e. The van der Waals surface area contributed by atoms with Crippen LogP contribution in [0, 0.1) is 57.2 Å². The molecule has 1 unspecified atom stereocenters. The van der Waals surface area contributed by atoms with Crippen molar-refractivity contribution in [3.8, 4) is 0 Å². The van der Waals surface area contributed by atoms with Crippen LogP contribution in [-0.4, -0.2) is 54.4 Å². The van der Waals surface area contributed by atoms with Gasteiger partial charge >= 0.3 is 12.1 Å². The quantitative estimate of drug-likeness (QED) is 0.230. The first kappa shape index (κ1) is 35.8. The Labute approximate surface area is 301 Å². The molecule has 6 heteroatoms. The number of hydrogen-bond acceptors (Lipinski definition) is 4. The summed E-state index contributed by atoms with van der Waals surface area (Å²) in [6.45, 7) is 22.2. The molecule has 0 bridgehead atoms. The van der Waals surface area contributed by atoms with Gasteiger partial charge in [-0.15, -0.1) is 0 Å². The highest BCUT2D eigenvalue weighted by Crippen LogP contribution is 2.76. The Hall–Kier alpha value is -2.60. The van der Waals surface area contributed by atoms with E-state index in [1.807, 2.05) is 12.1 Å². The van der Waals surface area contributed by atoms with E-state index in [-0.39, 0.29) is 33.2 Å². The molecule has 5 aliphatic carbocycles. The Morgan fingerprint density at radius 1 is 0.940 bits per heavy atom. The lowest BCUT2D eigenvalue weighted by molar-refractivity contribution is -0.219. The highest BCUT2D eigenvalue weighted by molar-refractivity contribution is 5.90. The number of benzene rings is 1. The topological polar surface area (TPSA) is 78.9 Å². The van der Waals surface area contributed by atoms with E-state index >= 15 is 0 Å². The second-order valence-electron chi connectivity index (χ2n) is 19.1.